The summed E-state index contributed by atoms with van der Waals surface area (Å²) in [5.41, 5.74) is 4.26. The van der Waals surface area contributed by atoms with Crippen LogP contribution in [0.15, 0.2) is 42.5 Å². The topological polar surface area (TPSA) is 39.1 Å². The van der Waals surface area contributed by atoms with E-state index in [1.807, 2.05) is 35.0 Å². The summed E-state index contributed by atoms with van der Waals surface area (Å²) < 4.78 is 7.44. The van der Waals surface area contributed by atoms with Crippen molar-refractivity contribution in [3.8, 4) is 11.4 Å². The normalized spacial score (nSPS) is 13.6. The van der Waals surface area contributed by atoms with Gasteiger partial charge in [0.1, 0.15) is 11.6 Å². The fourth-order valence-corrected chi connectivity index (χ4v) is 4.06. The number of aromatic nitrogens is 2. The number of anilines is 1. The molecule has 0 aliphatic carbocycles. The van der Waals surface area contributed by atoms with E-state index in [-0.39, 0.29) is 0 Å². The van der Waals surface area contributed by atoms with Crippen molar-refractivity contribution in [1.82, 2.24) is 9.78 Å². The van der Waals surface area contributed by atoms with Crippen LogP contribution in [0, 0.1) is 0 Å². The van der Waals surface area contributed by atoms with Gasteiger partial charge in [0.05, 0.1) is 23.5 Å². The van der Waals surface area contributed by atoms with Gasteiger partial charge in [-0.3, -0.25) is 0 Å². The summed E-state index contributed by atoms with van der Waals surface area (Å²) in [6.45, 7) is 0.929. The van der Waals surface area contributed by atoms with Crippen LogP contribution < -0.4 is 10.1 Å². The molecule has 0 unspecified atom stereocenters. The molecule has 1 N–H and O–H groups in total. The van der Waals surface area contributed by atoms with E-state index in [1.54, 1.807) is 13.2 Å². The van der Waals surface area contributed by atoms with Crippen molar-refractivity contribution >= 4 is 29.0 Å². The van der Waals surface area contributed by atoms with Crippen molar-refractivity contribution < 1.29 is 4.74 Å². The number of benzene rings is 2. The summed E-state index contributed by atoms with van der Waals surface area (Å²) in [6.07, 6.45) is 3.99. The minimum Gasteiger partial charge on any atom is -0.496 e. The van der Waals surface area contributed by atoms with Crippen molar-refractivity contribution in [3.05, 3.63) is 69.3 Å². The summed E-state index contributed by atoms with van der Waals surface area (Å²) in [7, 11) is 1.70. The molecule has 0 amide bonds. The second kappa shape index (κ2) is 7.83. The van der Waals surface area contributed by atoms with Gasteiger partial charge in [0.15, 0.2) is 0 Å². The number of rotatable bonds is 4. The maximum atomic E-state index is 6.47. The summed E-state index contributed by atoms with van der Waals surface area (Å²) in [4.78, 5) is 0. The highest BCUT2D eigenvalue weighted by atomic mass is 35.5. The van der Waals surface area contributed by atoms with E-state index in [4.69, 9.17) is 33.0 Å². The molecule has 4 rings (SSSR count). The standard InChI is InChI=1S/C21H21Cl2N3O/c1-27-20-8-3-2-6-14(20)12-18-16-7-4-5-11-24-21(16)26(25-18)19-10-9-15(22)13-17(19)23/h2-3,6,8-10,13,24H,4-5,7,11-12H2,1H3. The molecule has 2 aromatic carbocycles. The Morgan fingerprint density at radius 3 is 2.81 bits per heavy atom. The predicted molar refractivity (Wildman–Crippen MR) is 111 cm³/mol. The van der Waals surface area contributed by atoms with Gasteiger partial charge in [-0.25, -0.2) is 4.68 Å². The van der Waals surface area contributed by atoms with E-state index in [1.165, 1.54) is 5.56 Å². The fraction of sp³-hybridized carbons (Fsp3) is 0.286. The molecular formula is C21H21Cl2N3O. The summed E-state index contributed by atoms with van der Waals surface area (Å²) in [5.74, 6) is 1.91. The number of ether oxygens (including phenoxy) is 1. The Morgan fingerprint density at radius 2 is 2.00 bits per heavy atom. The molecule has 1 aromatic heterocycles. The van der Waals surface area contributed by atoms with E-state index < -0.39 is 0 Å². The van der Waals surface area contributed by atoms with Crippen LogP contribution in [-0.4, -0.2) is 23.4 Å². The molecule has 0 bridgehead atoms. The Hall–Kier alpha value is -2.17. The molecule has 1 aliphatic heterocycles. The zero-order valence-corrected chi connectivity index (χ0v) is 16.6. The number of fused-ring (bicyclic) bond motifs is 1. The first-order valence-electron chi connectivity index (χ1n) is 9.09. The predicted octanol–water partition coefficient (Wildman–Crippen LogP) is 5.53. The molecule has 0 radical (unpaired) electrons. The Morgan fingerprint density at radius 1 is 1.15 bits per heavy atom. The first-order chi connectivity index (χ1) is 13.2. The Kier molecular flexibility index (Phi) is 5.28. The third-order valence-corrected chi connectivity index (χ3v) is 5.44. The van der Waals surface area contributed by atoms with Crippen molar-refractivity contribution in [1.29, 1.82) is 0 Å². The van der Waals surface area contributed by atoms with E-state index >= 15 is 0 Å². The number of nitrogens with one attached hydrogen (secondary N) is 1. The van der Waals surface area contributed by atoms with Crippen molar-refractivity contribution in [2.75, 3.05) is 19.0 Å². The quantitative estimate of drug-likeness (QED) is 0.624. The molecule has 1 aliphatic rings. The van der Waals surface area contributed by atoms with Gasteiger partial charge >= 0.3 is 0 Å². The average molecular weight is 402 g/mol. The molecule has 27 heavy (non-hydrogen) atoms. The minimum absolute atomic E-state index is 0.586. The molecule has 0 spiro atoms. The van der Waals surface area contributed by atoms with Crippen LogP contribution in [0.5, 0.6) is 5.75 Å². The molecule has 6 heteroatoms. The maximum Gasteiger partial charge on any atom is 0.133 e. The monoisotopic (exact) mass is 401 g/mol. The first-order valence-corrected chi connectivity index (χ1v) is 9.85. The highest BCUT2D eigenvalue weighted by molar-refractivity contribution is 6.35. The smallest absolute Gasteiger partial charge is 0.133 e. The highest BCUT2D eigenvalue weighted by Crippen LogP contribution is 2.33. The number of halogens is 2. The van der Waals surface area contributed by atoms with Gasteiger partial charge in [0, 0.05) is 29.1 Å². The van der Waals surface area contributed by atoms with E-state index in [2.05, 4.69) is 11.4 Å². The van der Waals surface area contributed by atoms with Crippen LogP contribution in [0.4, 0.5) is 5.82 Å². The molecule has 2 heterocycles. The number of hydrogen-bond donors (Lipinski definition) is 1. The minimum atomic E-state index is 0.586. The molecule has 0 fully saturated rings. The lowest BCUT2D eigenvalue weighted by Crippen LogP contribution is -2.07. The summed E-state index contributed by atoms with van der Waals surface area (Å²) in [6, 6.07) is 13.6. The summed E-state index contributed by atoms with van der Waals surface area (Å²) in [5, 5.41) is 9.68. The highest BCUT2D eigenvalue weighted by Gasteiger charge is 2.22. The third kappa shape index (κ3) is 3.64. The average Bonchev–Trinajstić information content (AvgIpc) is 2.84. The Bertz CT molecular complexity index is 968. The van der Waals surface area contributed by atoms with Gasteiger partial charge in [0.25, 0.3) is 0 Å². The Balaban J connectivity index is 1.82. The number of hydrogen-bond acceptors (Lipinski definition) is 3. The third-order valence-electron chi connectivity index (χ3n) is 4.90. The van der Waals surface area contributed by atoms with Gasteiger partial charge < -0.3 is 10.1 Å². The second-order valence-electron chi connectivity index (χ2n) is 6.65. The van der Waals surface area contributed by atoms with Crippen LogP contribution in [-0.2, 0) is 12.8 Å². The van der Waals surface area contributed by atoms with Crippen molar-refractivity contribution in [2.45, 2.75) is 25.7 Å². The second-order valence-corrected chi connectivity index (χ2v) is 7.50. The lowest BCUT2D eigenvalue weighted by molar-refractivity contribution is 0.410. The van der Waals surface area contributed by atoms with Crippen molar-refractivity contribution in [2.24, 2.45) is 0 Å². The van der Waals surface area contributed by atoms with E-state index in [0.29, 0.717) is 16.5 Å². The molecule has 0 saturated carbocycles. The molecule has 4 nitrogen and oxygen atoms in total. The number of methoxy groups -OCH3 is 1. The van der Waals surface area contributed by atoms with Gasteiger partial charge in [-0.2, -0.15) is 5.10 Å². The van der Waals surface area contributed by atoms with Gasteiger partial charge in [-0.05, 0) is 43.5 Å². The number of para-hydroxylation sites is 1. The van der Waals surface area contributed by atoms with Crippen LogP contribution in [0.1, 0.15) is 29.7 Å². The van der Waals surface area contributed by atoms with Gasteiger partial charge in [0.2, 0.25) is 0 Å². The van der Waals surface area contributed by atoms with Gasteiger partial charge in [-0.15, -0.1) is 0 Å². The number of nitrogens with zero attached hydrogens (tertiary/aromatic N) is 2. The SMILES string of the molecule is COc1ccccc1Cc1nn(-c2ccc(Cl)cc2Cl)c2c1CCCCN2. The molecule has 140 valence electrons. The zero-order valence-electron chi connectivity index (χ0n) is 15.1. The van der Waals surface area contributed by atoms with Crippen LogP contribution >= 0.6 is 23.2 Å². The lowest BCUT2D eigenvalue weighted by Gasteiger charge is -2.11. The zero-order chi connectivity index (χ0) is 18.8. The van der Waals surface area contributed by atoms with E-state index in [0.717, 1.165) is 54.3 Å². The summed E-state index contributed by atoms with van der Waals surface area (Å²) >= 11 is 12.5. The lowest BCUT2D eigenvalue weighted by atomic mass is 10.0. The maximum absolute atomic E-state index is 6.47. The van der Waals surface area contributed by atoms with E-state index in [9.17, 15) is 0 Å². The Labute approximate surface area is 169 Å². The molecular weight excluding hydrogens is 381 g/mol. The van der Waals surface area contributed by atoms with Crippen LogP contribution in [0.2, 0.25) is 10.0 Å². The first kappa shape index (κ1) is 18.2. The van der Waals surface area contributed by atoms with Crippen molar-refractivity contribution in [3.63, 3.8) is 0 Å². The van der Waals surface area contributed by atoms with Gasteiger partial charge in [-0.1, -0.05) is 41.4 Å². The molecule has 3 aromatic rings. The van der Waals surface area contributed by atoms with Crippen LogP contribution in [0.25, 0.3) is 5.69 Å². The largest absolute Gasteiger partial charge is 0.496 e. The fourth-order valence-electron chi connectivity index (χ4n) is 3.57. The molecule has 0 saturated heterocycles. The van der Waals surface area contributed by atoms with Crippen LogP contribution in [0.3, 0.4) is 0 Å². The molecule has 0 atom stereocenters.